The Morgan fingerprint density at radius 1 is 0.915 bits per heavy atom. The summed E-state index contributed by atoms with van der Waals surface area (Å²) in [4.78, 5) is 70.1. The number of nitrogens with one attached hydrogen (secondary N) is 1. The largest absolute Gasteiger partial charge is 0.504 e. The molecule has 2 heterocycles. The van der Waals surface area contributed by atoms with Gasteiger partial charge < -0.3 is 14.6 Å². The molecule has 0 bridgehead atoms. The van der Waals surface area contributed by atoms with E-state index in [0.717, 1.165) is 17.7 Å². The topological polar surface area (TPSA) is 143 Å². The van der Waals surface area contributed by atoms with E-state index in [1.807, 2.05) is 55.5 Å². The average Bonchev–Trinajstić information content (AvgIpc) is 3.47. The molecule has 3 aromatic carbocycles. The monoisotopic (exact) mass is 635 g/mol. The molecule has 47 heavy (non-hydrogen) atoms. The van der Waals surface area contributed by atoms with Crippen molar-refractivity contribution in [3.63, 3.8) is 0 Å². The van der Waals surface area contributed by atoms with Crippen molar-refractivity contribution in [3.8, 4) is 11.5 Å². The molecule has 6 unspecified atom stereocenters. The van der Waals surface area contributed by atoms with Crippen molar-refractivity contribution in [2.24, 2.45) is 23.7 Å². The second-order valence-corrected chi connectivity index (χ2v) is 12.5. The number of likely N-dealkylation sites (tertiary alicyclic amines) is 1. The number of nitrogens with zero attached hydrogens (tertiary/aromatic N) is 2. The number of aryl methyl sites for hydroxylation is 1. The van der Waals surface area contributed by atoms with Gasteiger partial charge in [-0.1, -0.05) is 65.7 Å². The summed E-state index contributed by atoms with van der Waals surface area (Å²) < 4.78 is 10.2. The molecule has 7 rings (SSSR count). The van der Waals surface area contributed by atoms with E-state index in [1.54, 1.807) is 24.3 Å². The van der Waals surface area contributed by atoms with E-state index in [-0.39, 0.29) is 24.3 Å². The lowest BCUT2D eigenvalue weighted by Gasteiger charge is -2.50. The van der Waals surface area contributed by atoms with Gasteiger partial charge >= 0.3 is 6.09 Å². The van der Waals surface area contributed by atoms with E-state index in [0.29, 0.717) is 27.3 Å². The highest BCUT2D eigenvalue weighted by molar-refractivity contribution is 6.16. The SMILES string of the molecule is COC(=O)N1C(=O)C2CC=C3C(CC4C(=O)N(Nc5ccc(C)cc5)C(=O)C4(c4ccccc4)C3c3ccc(O)c(OC)c3)C2C1=O. The second kappa shape index (κ2) is 11.1. The normalized spacial score (nSPS) is 28.0. The van der Waals surface area contributed by atoms with Crippen LogP contribution in [0.1, 0.15) is 35.4 Å². The van der Waals surface area contributed by atoms with E-state index in [2.05, 4.69) is 5.43 Å². The zero-order valence-electron chi connectivity index (χ0n) is 26.0. The fraction of sp³-hybridized carbons (Fsp3) is 0.306. The molecular formula is C36H33N3O8. The highest BCUT2D eigenvalue weighted by atomic mass is 16.5. The zero-order valence-corrected chi connectivity index (χ0v) is 26.0. The molecule has 11 nitrogen and oxygen atoms in total. The van der Waals surface area contributed by atoms with Crippen molar-refractivity contribution in [2.75, 3.05) is 19.6 Å². The lowest BCUT2D eigenvalue weighted by Crippen LogP contribution is -2.53. The number of anilines is 1. The number of fused-ring (bicyclic) bond motifs is 4. The third kappa shape index (κ3) is 4.29. The number of hydrogen-bond donors (Lipinski definition) is 2. The number of hydrazine groups is 1. The highest BCUT2D eigenvalue weighted by Crippen LogP contribution is 2.64. The number of aromatic hydroxyl groups is 1. The number of hydrogen-bond acceptors (Lipinski definition) is 9. The molecule has 4 aliphatic rings. The number of carbonyl (C=O) groups excluding carboxylic acids is 5. The van der Waals surface area contributed by atoms with E-state index < -0.39 is 64.7 Å². The molecule has 2 saturated heterocycles. The van der Waals surface area contributed by atoms with Gasteiger partial charge in [0.05, 0.1) is 43.1 Å². The van der Waals surface area contributed by atoms with E-state index in [4.69, 9.17) is 9.47 Å². The Kier molecular flexibility index (Phi) is 7.14. The van der Waals surface area contributed by atoms with Crippen molar-refractivity contribution < 1.29 is 38.6 Å². The Bertz CT molecular complexity index is 1860. The number of phenolic OH excluding ortho intramolecular Hbond substituents is 1. The summed E-state index contributed by atoms with van der Waals surface area (Å²) in [6.07, 6.45) is 1.07. The van der Waals surface area contributed by atoms with Crippen LogP contribution in [0.5, 0.6) is 11.5 Å². The number of methoxy groups -OCH3 is 2. The molecule has 0 aromatic heterocycles. The zero-order chi connectivity index (χ0) is 33.2. The molecule has 3 fully saturated rings. The summed E-state index contributed by atoms with van der Waals surface area (Å²) >= 11 is 0. The van der Waals surface area contributed by atoms with Gasteiger partial charge in [0.2, 0.25) is 11.8 Å². The van der Waals surface area contributed by atoms with Crippen LogP contribution < -0.4 is 10.2 Å². The summed E-state index contributed by atoms with van der Waals surface area (Å²) in [7, 11) is 2.53. The summed E-state index contributed by atoms with van der Waals surface area (Å²) in [5.41, 5.74) is 5.05. The van der Waals surface area contributed by atoms with Crippen molar-refractivity contribution in [1.29, 1.82) is 0 Å². The van der Waals surface area contributed by atoms with Crippen LogP contribution in [0.15, 0.2) is 84.4 Å². The number of ether oxygens (including phenoxy) is 2. The number of allylic oxidation sites excluding steroid dienone is 2. The fourth-order valence-electron chi connectivity index (χ4n) is 8.27. The molecule has 0 radical (unpaired) electrons. The van der Waals surface area contributed by atoms with Crippen LogP contribution in [0.4, 0.5) is 10.5 Å². The molecular weight excluding hydrogens is 602 g/mol. The van der Waals surface area contributed by atoms with Gasteiger partial charge in [-0.3, -0.25) is 24.6 Å². The van der Waals surface area contributed by atoms with E-state index in [9.17, 15) is 24.3 Å². The van der Waals surface area contributed by atoms with Crippen molar-refractivity contribution in [1.82, 2.24) is 9.91 Å². The maximum atomic E-state index is 15.1. The lowest BCUT2D eigenvalue weighted by molar-refractivity contribution is -0.140. The maximum absolute atomic E-state index is 15.1. The van der Waals surface area contributed by atoms with Crippen LogP contribution in [-0.2, 0) is 29.3 Å². The van der Waals surface area contributed by atoms with Gasteiger partial charge in [0.1, 0.15) is 0 Å². The van der Waals surface area contributed by atoms with Gasteiger partial charge in [-0.05, 0) is 61.1 Å². The first-order chi connectivity index (χ1) is 22.6. The van der Waals surface area contributed by atoms with E-state index >= 15 is 4.79 Å². The molecule has 6 atom stereocenters. The minimum Gasteiger partial charge on any atom is -0.504 e. The Labute approximate surface area is 270 Å². The molecule has 5 amide bonds. The molecule has 11 heteroatoms. The van der Waals surface area contributed by atoms with Crippen LogP contribution in [0, 0.1) is 30.6 Å². The van der Waals surface area contributed by atoms with Gasteiger partial charge in [-0.2, -0.15) is 9.91 Å². The van der Waals surface area contributed by atoms with Gasteiger partial charge in [0, 0.05) is 5.92 Å². The molecule has 0 spiro atoms. The lowest BCUT2D eigenvalue weighted by atomic mass is 9.49. The summed E-state index contributed by atoms with van der Waals surface area (Å²) in [6, 6.07) is 21.2. The van der Waals surface area contributed by atoms with Gasteiger partial charge in [-0.25, -0.2) is 4.79 Å². The minimum atomic E-state index is -1.47. The predicted octanol–water partition coefficient (Wildman–Crippen LogP) is 4.46. The third-order valence-corrected chi connectivity index (χ3v) is 10.3. The number of benzene rings is 3. The molecule has 2 aliphatic carbocycles. The Morgan fingerprint density at radius 3 is 2.32 bits per heavy atom. The van der Waals surface area contributed by atoms with Crippen molar-refractivity contribution in [3.05, 3.63) is 101 Å². The Morgan fingerprint density at radius 2 is 1.64 bits per heavy atom. The highest BCUT2D eigenvalue weighted by Gasteiger charge is 2.70. The molecule has 3 aromatic rings. The van der Waals surface area contributed by atoms with Gasteiger partial charge in [0.15, 0.2) is 11.5 Å². The Hall–Kier alpha value is -5.45. The number of imide groups is 4. The number of carbonyl (C=O) groups is 5. The third-order valence-electron chi connectivity index (χ3n) is 10.3. The quantitative estimate of drug-likeness (QED) is 0.307. The van der Waals surface area contributed by atoms with Crippen LogP contribution in [0.2, 0.25) is 0 Å². The van der Waals surface area contributed by atoms with Gasteiger partial charge in [0.25, 0.3) is 11.8 Å². The number of amides is 5. The van der Waals surface area contributed by atoms with Crippen LogP contribution in [0.3, 0.4) is 0 Å². The summed E-state index contributed by atoms with van der Waals surface area (Å²) in [5, 5.41) is 11.6. The van der Waals surface area contributed by atoms with Crippen LogP contribution in [0.25, 0.3) is 0 Å². The van der Waals surface area contributed by atoms with Crippen LogP contribution in [-0.4, -0.2) is 59.0 Å². The minimum absolute atomic E-state index is 0.0816. The standard InChI is InChI=1S/C36H33N3O8/c1-19-9-12-22(13-10-19)37-39-32(42)26-18-25-23(14-15-24-29(25)33(43)38(31(24)41)35(45)47-3)30(20-11-16-27(40)28(17-20)46-2)36(26,34(39)44)21-7-5-4-6-8-21/h4-14,16-17,24-26,29-30,37,40H,15,18H2,1-3H3. The number of phenols is 1. The maximum Gasteiger partial charge on any atom is 0.423 e. The van der Waals surface area contributed by atoms with E-state index in [1.165, 1.54) is 13.2 Å². The van der Waals surface area contributed by atoms with Gasteiger partial charge in [-0.15, -0.1) is 0 Å². The summed E-state index contributed by atoms with van der Waals surface area (Å²) in [6.45, 7) is 1.94. The Balaban J connectivity index is 1.45. The second-order valence-electron chi connectivity index (χ2n) is 12.5. The predicted molar refractivity (Wildman–Crippen MR) is 168 cm³/mol. The first-order valence-corrected chi connectivity index (χ1v) is 15.4. The smallest absolute Gasteiger partial charge is 0.423 e. The van der Waals surface area contributed by atoms with Crippen LogP contribution >= 0.6 is 0 Å². The fourth-order valence-corrected chi connectivity index (χ4v) is 8.27. The average molecular weight is 636 g/mol. The summed E-state index contributed by atoms with van der Waals surface area (Å²) in [5.74, 6) is -6.35. The number of rotatable bonds is 5. The molecule has 240 valence electrons. The van der Waals surface area contributed by atoms with Crippen molar-refractivity contribution >= 4 is 35.4 Å². The van der Waals surface area contributed by atoms with Crippen molar-refractivity contribution in [2.45, 2.75) is 31.1 Å². The molecule has 2 aliphatic heterocycles. The first kappa shape index (κ1) is 30.2. The first-order valence-electron chi connectivity index (χ1n) is 15.4. The molecule has 1 saturated carbocycles. The molecule has 2 N–H and O–H groups in total.